The number of alkyl halides is 6. The second kappa shape index (κ2) is 8.49. The van der Waals surface area contributed by atoms with Crippen molar-refractivity contribution in [3.8, 4) is 0 Å². The van der Waals surface area contributed by atoms with Crippen LogP contribution in [-0.2, 0) is 10.8 Å². The van der Waals surface area contributed by atoms with Crippen LogP contribution in [0.4, 0.5) is 17.6 Å². The first-order chi connectivity index (χ1) is 8.62. The zero-order valence-corrected chi connectivity index (χ0v) is 12.9. The summed E-state index contributed by atoms with van der Waals surface area (Å²) in [4.78, 5) is 0. The van der Waals surface area contributed by atoms with E-state index < -0.39 is 21.9 Å². The molecule has 1 aromatic rings. The summed E-state index contributed by atoms with van der Waals surface area (Å²) in [5.41, 5.74) is -1.10. The smallest absolute Gasteiger partial charge is 0.183 e. The molecule has 1 aromatic carbocycles. The van der Waals surface area contributed by atoms with Gasteiger partial charge in [0.05, 0.1) is 0 Å². The molecule has 0 unspecified atom stereocenters. The molecule has 0 spiro atoms. The fourth-order valence-corrected chi connectivity index (χ4v) is 1.74. The van der Waals surface area contributed by atoms with Gasteiger partial charge in [0.2, 0.25) is 0 Å². The summed E-state index contributed by atoms with van der Waals surface area (Å²) in [5, 5.41) is -7.11. The molecule has 0 N–H and O–H groups in total. The van der Waals surface area contributed by atoms with Gasteiger partial charge in [0.1, 0.15) is 0 Å². The van der Waals surface area contributed by atoms with Crippen LogP contribution in [0.3, 0.4) is 0 Å². The highest BCUT2D eigenvalue weighted by atomic mass is 35.5. The lowest BCUT2D eigenvalue weighted by atomic mass is 10.1. The molecule has 0 nitrogen and oxygen atoms in total. The molecule has 0 aliphatic heterocycles. The van der Waals surface area contributed by atoms with E-state index in [4.69, 9.17) is 0 Å². The highest BCUT2D eigenvalue weighted by molar-refractivity contribution is 7.81. The first-order valence-electron chi connectivity index (χ1n) is 5.09. The Labute approximate surface area is 130 Å². The molecule has 0 aliphatic rings. The number of rotatable bonds is 4. The zero-order valence-electron chi connectivity index (χ0n) is 9.59. The minimum absolute atomic E-state index is 0.552. The van der Waals surface area contributed by atoms with Crippen LogP contribution in [0, 0.1) is 0 Å². The molecule has 8 heteroatoms. The first-order valence-corrected chi connectivity index (χ1v) is 7.11. The van der Waals surface area contributed by atoms with Crippen LogP contribution in [-0.4, -0.2) is 11.5 Å². The van der Waals surface area contributed by atoms with Gasteiger partial charge in [-0.1, -0.05) is 24.3 Å². The van der Waals surface area contributed by atoms with Gasteiger partial charge in [-0.15, -0.1) is 0 Å². The second-order valence-corrected chi connectivity index (χ2v) is 5.22. The fourth-order valence-electron chi connectivity index (χ4n) is 0.919. The van der Waals surface area contributed by atoms with Gasteiger partial charge < -0.3 is 0 Å². The molecule has 0 bridgehead atoms. The minimum Gasteiger partial charge on any atom is -0.183 e. The third kappa shape index (κ3) is 8.17. The molecule has 0 atom stereocenters. The predicted molar refractivity (Wildman–Crippen MR) is 78.3 cm³/mol. The lowest BCUT2D eigenvalue weighted by molar-refractivity contribution is 0.0906. The summed E-state index contributed by atoms with van der Waals surface area (Å²) < 4.78 is 49.7. The number of thiol groups is 2. The SMILES string of the molecule is FC(F)(Cl)c1ccc(C(F)(F)Cl)cc1.SCCCS. The molecule has 0 fully saturated rings. The van der Waals surface area contributed by atoms with Crippen molar-refractivity contribution in [2.45, 2.75) is 17.2 Å². The highest BCUT2D eigenvalue weighted by Crippen LogP contribution is 2.36. The van der Waals surface area contributed by atoms with E-state index in [9.17, 15) is 17.6 Å². The van der Waals surface area contributed by atoms with Crippen LogP contribution in [0.1, 0.15) is 17.5 Å². The van der Waals surface area contributed by atoms with Crippen LogP contribution in [0.5, 0.6) is 0 Å². The largest absolute Gasteiger partial charge is 0.348 e. The maximum Gasteiger partial charge on any atom is 0.348 e. The van der Waals surface area contributed by atoms with Gasteiger partial charge in [-0.3, -0.25) is 0 Å². The molecular weight excluding hydrogens is 343 g/mol. The molecule has 0 saturated heterocycles. The van der Waals surface area contributed by atoms with E-state index in [2.05, 4.69) is 48.5 Å². The molecule has 19 heavy (non-hydrogen) atoms. The Morgan fingerprint density at radius 1 is 0.789 bits per heavy atom. The third-order valence-electron chi connectivity index (χ3n) is 1.86. The van der Waals surface area contributed by atoms with E-state index in [-0.39, 0.29) is 0 Å². The third-order valence-corrected chi connectivity index (χ3v) is 2.92. The van der Waals surface area contributed by atoms with Crippen LogP contribution >= 0.6 is 48.5 Å². The zero-order chi connectivity index (χ0) is 15.1. The molecular formula is C11H12Cl2F4S2. The van der Waals surface area contributed by atoms with Crippen molar-refractivity contribution in [3.63, 3.8) is 0 Å². The van der Waals surface area contributed by atoms with Crippen LogP contribution in [0.25, 0.3) is 0 Å². The summed E-state index contributed by atoms with van der Waals surface area (Å²) in [6.45, 7) is 0. The summed E-state index contributed by atoms with van der Waals surface area (Å²) in [6.07, 6.45) is 1.12. The molecule has 110 valence electrons. The summed E-state index contributed by atoms with van der Waals surface area (Å²) in [5.74, 6) is 1.92. The molecule has 0 heterocycles. The lowest BCUT2D eigenvalue weighted by Gasteiger charge is -2.11. The Bertz CT molecular complexity index is 325. The maximum absolute atomic E-state index is 12.4. The number of hydrogen-bond acceptors (Lipinski definition) is 2. The average molecular weight is 355 g/mol. The van der Waals surface area contributed by atoms with Crippen molar-refractivity contribution in [2.75, 3.05) is 11.5 Å². The number of halogens is 6. The van der Waals surface area contributed by atoms with Gasteiger partial charge in [-0.05, 0) is 41.1 Å². The first kappa shape index (κ1) is 19.2. The van der Waals surface area contributed by atoms with E-state index >= 15 is 0 Å². The highest BCUT2D eigenvalue weighted by Gasteiger charge is 2.31. The average Bonchev–Trinajstić information content (AvgIpc) is 2.29. The van der Waals surface area contributed by atoms with Crippen molar-refractivity contribution >= 4 is 48.5 Å². The quantitative estimate of drug-likeness (QED) is 0.398. The molecule has 1 rings (SSSR count). The van der Waals surface area contributed by atoms with Crippen molar-refractivity contribution in [1.82, 2.24) is 0 Å². The Morgan fingerprint density at radius 3 is 1.16 bits per heavy atom. The van der Waals surface area contributed by atoms with E-state index in [1.807, 2.05) is 0 Å². The van der Waals surface area contributed by atoms with E-state index in [0.717, 1.165) is 42.2 Å². The number of hydrogen-bond donors (Lipinski definition) is 2. The van der Waals surface area contributed by atoms with Crippen LogP contribution in [0.2, 0.25) is 0 Å². The molecule has 0 amide bonds. The summed E-state index contributed by atoms with van der Waals surface area (Å²) in [6, 6.07) is 3.22. The minimum atomic E-state index is -3.56. The van der Waals surface area contributed by atoms with E-state index in [0.29, 0.717) is 0 Å². The van der Waals surface area contributed by atoms with E-state index in [1.54, 1.807) is 0 Å². The molecule has 0 aliphatic carbocycles. The Kier molecular flexibility index (Phi) is 8.59. The van der Waals surface area contributed by atoms with Crippen LogP contribution in [0.15, 0.2) is 24.3 Å². The van der Waals surface area contributed by atoms with Crippen molar-refractivity contribution < 1.29 is 17.6 Å². The van der Waals surface area contributed by atoms with Gasteiger partial charge in [0.15, 0.2) is 0 Å². The Balaban J connectivity index is 0.000000555. The standard InChI is InChI=1S/C8H4Cl2F4.C3H8S2/c9-7(11,12)5-1-2-6(4-3-5)8(10,13)14;4-2-1-3-5/h1-4H;4-5H,1-3H2. The Morgan fingerprint density at radius 2 is 1.05 bits per heavy atom. The molecule has 0 radical (unpaired) electrons. The summed E-state index contributed by atoms with van der Waals surface area (Å²) >= 11 is 17.2. The van der Waals surface area contributed by atoms with Gasteiger partial charge in [-0.2, -0.15) is 42.8 Å². The topological polar surface area (TPSA) is 0 Å². The van der Waals surface area contributed by atoms with E-state index in [1.165, 1.54) is 0 Å². The monoisotopic (exact) mass is 354 g/mol. The second-order valence-electron chi connectivity index (χ2n) is 3.37. The molecule has 0 aromatic heterocycles. The fraction of sp³-hybridized carbons (Fsp3) is 0.455. The van der Waals surface area contributed by atoms with Crippen molar-refractivity contribution in [3.05, 3.63) is 35.4 Å². The Hall–Kier alpha value is 0.220. The predicted octanol–water partition coefficient (Wildman–Crippen LogP) is 5.50. The van der Waals surface area contributed by atoms with Gasteiger partial charge >= 0.3 is 10.8 Å². The normalized spacial score (nSPS) is 11.8. The van der Waals surface area contributed by atoms with Crippen LogP contribution < -0.4 is 0 Å². The van der Waals surface area contributed by atoms with Gasteiger partial charge in [0.25, 0.3) is 0 Å². The van der Waals surface area contributed by atoms with Crippen molar-refractivity contribution in [1.29, 1.82) is 0 Å². The lowest BCUT2D eigenvalue weighted by Crippen LogP contribution is -2.06. The maximum atomic E-state index is 12.4. The summed E-state index contributed by atoms with van der Waals surface area (Å²) in [7, 11) is 0. The molecule has 0 saturated carbocycles. The number of benzene rings is 1. The van der Waals surface area contributed by atoms with Gasteiger partial charge in [-0.25, -0.2) is 0 Å². The van der Waals surface area contributed by atoms with Gasteiger partial charge in [0, 0.05) is 11.1 Å². The van der Waals surface area contributed by atoms with Crippen molar-refractivity contribution in [2.24, 2.45) is 0 Å².